The summed E-state index contributed by atoms with van der Waals surface area (Å²) in [6, 6.07) is 5.75. The average molecular weight is 322 g/mol. The van der Waals surface area contributed by atoms with E-state index in [1.807, 2.05) is 39.0 Å². The van der Waals surface area contributed by atoms with Crippen molar-refractivity contribution in [3.05, 3.63) is 23.8 Å². The van der Waals surface area contributed by atoms with Crippen LogP contribution in [0.15, 0.2) is 18.2 Å². The highest BCUT2D eigenvalue weighted by atomic mass is 16.5. The number of carbonyl (C=O) groups is 1. The van der Waals surface area contributed by atoms with Crippen molar-refractivity contribution in [3.8, 4) is 11.5 Å². The zero-order valence-corrected chi connectivity index (χ0v) is 15.0. The second kappa shape index (κ2) is 9.40. The van der Waals surface area contributed by atoms with E-state index < -0.39 is 0 Å². The quantitative estimate of drug-likeness (QED) is 0.686. The van der Waals surface area contributed by atoms with Crippen LogP contribution in [0, 0.1) is 0 Å². The molecule has 0 spiro atoms. The summed E-state index contributed by atoms with van der Waals surface area (Å²) in [4.78, 5) is 11.9. The standard InChI is InChI=1S/C18H30N2O3/c1-6-7-11-19-12-14-9-8-10-15(22-5)17(14)23-13-16(21)20-18(2,3)4/h8-10,19H,6-7,11-13H2,1-5H3,(H,20,21). The van der Waals surface area contributed by atoms with Crippen molar-refractivity contribution < 1.29 is 14.3 Å². The molecule has 0 unspecified atom stereocenters. The molecule has 1 amide bonds. The summed E-state index contributed by atoms with van der Waals surface area (Å²) in [6.45, 7) is 9.60. The minimum absolute atomic E-state index is 0.0282. The number of nitrogens with one attached hydrogen (secondary N) is 2. The Morgan fingerprint density at radius 2 is 2.00 bits per heavy atom. The van der Waals surface area contributed by atoms with Crippen molar-refractivity contribution in [1.29, 1.82) is 0 Å². The summed E-state index contributed by atoms with van der Waals surface area (Å²) < 4.78 is 11.1. The summed E-state index contributed by atoms with van der Waals surface area (Å²) in [5.41, 5.74) is 0.718. The number of carbonyl (C=O) groups excluding carboxylic acids is 1. The number of rotatable bonds is 9. The van der Waals surface area contributed by atoms with Crippen molar-refractivity contribution in [1.82, 2.24) is 10.6 Å². The van der Waals surface area contributed by atoms with Crippen LogP contribution < -0.4 is 20.1 Å². The minimum Gasteiger partial charge on any atom is -0.493 e. The van der Waals surface area contributed by atoms with Gasteiger partial charge in [-0.1, -0.05) is 25.5 Å². The Hall–Kier alpha value is -1.75. The van der Waals surface area contributed by atoms with Crippen LogP contribution in [-0.2, 0) is 11.3 Å². The summed E-state index contributed by atoms with van der Waals surface area (Å²) >= 11 is 0. The molecular formula is C18H30N2O3. The van der Waals surface area contributed by atoms with Crippen LogP contribution in [0.2, 0.25) is 0 Å². The van der Waals surface area contributed by atoms with E-state index in [2.05, 4.69) is 17.6 Å². The van der Waals surface area contributed by atoms with Gasteiger partial charge < -0.3 is 20.1 Å². The molecule has 0 fully saturated rings. The van der Waals surface area contributed by atoms with Gasteiger partial charge in [0.1, 0.15) is 0 Å². The smallest absolute Gasteiger partial charge is 0.258 e. The van der Waals surface area contributed by atoms with Gasteiger partial charge in [0.2, 0.25) is 0 Å². The van der Waals surface area contributed by atoms with E-state index in [-0.39, 0.29) is 18.1 Å². The van der Waals surface area contributed by atoms with Crippen molar-refractivity contribution >= 4 is 5.91 Å². The molecule has 1 aromatic carbocycles. The molecule has 0 atom stereocenters. The molecule has 1 rings (SSSR count). The maximum absolute atomic E-state index is 11.9. The normalized spacial score (nSPS) is 11.2. The predicted molar refractivity (Wildman–Crippen MR) is 93.0 cm³/mol. The topological polar surface area (TPSA) is 59.6 Å². The number of para-hydroxylation sites is 1. The SMILES string of the molecule is CCCCNCc1cccc(OC)c1OCC(=O)NC(C)(C)C. The first-order chi connectivity index (χ1) is 10.9. The maximum Gasteiger partial charge on any atom is 0.258 e. The van der Waals surface area contributed by atoms with Crippen molar-refractivity contribution in [2.24, 2.45) is 0 Å². The monoisotopic (exact) mass is 322 g/mol. The fourth-order valence-corrected chi connectivity index (χ4v) is 2.14. The molecule has 130 valence electrons. The maximum atomic E-state index is 11.9. The lowest BCUT2D eigenvalue weighted by Crippen LogP contribution is -2.43. The molecule has 0 bridgehead atoms. The van der Waals surface area contributed by atoms with Crippen LogP contribution in [0.25, 0.3) is 0 Å². The predicted octanol–water partition coefficient (Wildman–Crippen LogP) is 2.88. The molecule has 0 saturated carbocycles. The van der Waals surface area contributed by atoms with E-state index in [9.17, 15) is 4.79 Å². The number of unbranched alkanes of at least 4 members (excludes halogenated alkanes) is 1. The minimum atomic E-state index is -0.272. The number of hydrogen-bond donors (Lipinski definition) is 2. The van der Waals surface area contributed by atoms with Crippen LogP contribution in [0.1, 0.15) is 46.1 Å². The Bertz CT molecular complexity index is 496. The van der Waals surface area contributed by atoms with Gasteiger partial charge in [-0.3, -0.25) is 4.79 Å². The molecule has 1 aromatic rings. The fraction of sp³-hybridized carbons (Fsp3) is 0.611. The summed E-state index contributed by atoms with van der Waals surface area (Å²) in [5.74, 6) is 1.12. The molecule has 0 aliphatic heterocycles. The van der Waals surface area contributed by atoms with Crippen LogP contribution in [0.4, 0.5) is 0 Å². The lowest BCUT2D eigenvalue weighted by molar-refractivity contribution is -0.124. The van der Waals surface area contributed by atoms with E-state index in [0.717, 1.165) is 24.9 Å². The highest BCUT2D eigenvalue weighted by Gasteiger charge is 2.16. The average Bonchev–Trinajstić information content (AvgIpc) is 2.48. The highest BCUT2D eigenvalue weighted by molar-refractivity contribution is 5.78. The number of hydrogen-bond acceptors (Lipinski definition) is 4. The fourth-order valence-electron chi connectivity index (χ4n) is 2.14. The first-order valence-electron chi connectivity index (χ1n) is 8.17. The Morgan fingerprint density at radius 1 is 1.26 bits per heavy atom. The van der Waals surface area contributed by atoms with E-state index in [0.29, 0.717) is 18.0 Å². The van der Waals surface area contributed by atoms with Crippen LogP contribution in [0.3, 0.4) is 0 Å². The van der Waals surface area contributed by atoms with Gasteiger partial charge >= 0.3 is 0 Å². The molecule has 2 N–H and O–H groups in total. The lowest BCUT2D eigenvalue weighted by atomic mass is 10.1. The second-order valence-electron chi connectivity index (χ2n) is 6.57. The van der Waals surface area contributed by atoms with Gasteiger partial charge in [-0.15, -0.1) is 0 Å². The zero-order valence-electron chi connectivity index (χ0n) is 15.0. The van der Waals surface area contributed by atoms with E-state index in [4.69, 9.17) is 9.47 Å². The third kappa shape index (κ3) is 7.37. The van der Waals surface area contributed by atoms with Gasteiger partial charge in [-0.05, 0) is 39.8 Å². The first kappa shape index (κ1) is 19.3. The van der Waals surface area contributed by atoms with Gasteiger partial charge in [-0.2, -0.15) is 0 Å². The Balaban J connectivity index is 2.72. The summed E-state index contributed by atoms with van der Waals surface area (Å²) in [6.07, 6.45) is 2.29. The molecule has 0 saturated heterocycles. The third-order valence-corrected chi connectivity index (χ3v) is 3.16. The number of methoxy groups -OCH3 is 1. The largest absolute Gasteiger partial charge is 0.493 e. The zero-order chi connectivity index (χ0) is 17.3. The van der Waals surface area contributed by atoms with Gasteiger partial charge in [0.15, 0.2) is 18.1 Å². The highest BCUT2D eigenvalue weighted by Crippen LogP contribution is 2.31. The Morgan fingerprint density at radius 3 is 2.61 bits per heavy atom. The third-order valence-electron chi connectivity index (χ3n) is 3.16. The van der Waals surface area contributed by atoms with E-state index in [1.54, 1.807) is 7.11 Å². The van der Waals surface area contributed by atoms with E-state index >= 15 is 0 Å². The molecule has 0 heterocycles. The molecule has 0 radical (unpaired) electrons. The molecule has 0 aromatic heterocycles. The van der Waals surface area contributed by atoms with Crippen LogP contribution in [0.5, 0.6) is 11.5 Å². The number of benzene rings is 1. The van der Waals surface area contributed by atoms with Crippen molar-refractivity contribution in [2.75, 3.05) is 20.3 Å². The van der Waals surface area contributed by atoms with E-state index in [1.165, 1.54) is 0 Å². The molecule has 0 aliphatic rings. The van der Waals surface area contributed by atoms with Gasteiger partial charge in [-0.25, -0.2) is 0 Å². The van der Waals surface area contributed by atoms with Crippen LogP contribution in [-0.4, -0.2) is 31.7 Å². The Kier molecular flexibility index (Phi) is 7.89. The molecule has 23 heavy (non-hydrogen) atoms. The van der Waals surface area contributed by atoms with Crippen molar-refractivity contribution in [2.45, 2.75) is 52.6 Å². The Labute approximate surface area is 139 Å². The molecule has 5 nitrogen and oxygen atoms in total. The number of amides is 1. The van der Waals surface area contributed by atoms with Gasteiger partial charge in [0.25, 0.3) is 5.91 Å². The molecule has 5 heteroatoms. The number of ether oxygens (including phenoxy) is 2. The van der Waals surface area contributed by atoms with Crippen LogP contribution >= 0.6 is 0 Å². The molecular weight excluding hydrogens is 292 g/mol. The van der Waals surface area contributed by atoms with Gasteiger partial charge in [0.05, 0.1) is 7.11 Å². The van der Waals surface area contributed by atoms with Gasteiger partial charge in [0, 0.05) is 17.6 Å². The van der Waals surface area contributed by atoms with Crippen molar-refractivity contribution in [3.63, 3.8) is 0 Å². The lowest BCUT2D eigenvalue weighted by Gasteiger charge is -2.21. The second-order valence-corrected chi connectivity index (χ2v) is 6.57. The first-order valence-corrected chi connectivity index (χ1v) is 8.17. The summed E-state index contributed by atoms with van der Waals surface area (Å²) in [7, 11) is 1.60. The molecule has 0 aliphatic carbocycles. The summed E-state index contributed by atoms with van der Waals surface area (Å²) in [5, 5.41) is 6.27.